The lowest BCUT2D eigenvalue weighted by Crippen LogP contribution is -2.23. The fraction of sp³-hybridized carbons (Fsp3) is 0.308. The number of nitrogens with one attached hydrogen (secondary N) is 1. The summed E-state index contributed by atoms with van der Waals surface area (Å²) in [5.41, 5.74) is 1.89. The Kier molecular flexibility index (Phi) is 2.91. The lowest BCUT2D eigenvalue weighted by atomic mass is 10.1. The van der Waals surface area contributed by atoms with Crippen molar-refractivity contribution in [2.24, 2.45) is 7.05 Å². The molecular formula is C13H15N3O2S. The minimum Gasteiger partial charge on any atom is -0.303 e. The van der Waals surface area contributed by atoms with E-state index in [9.17, 15) is 8.42 Å². The van der Waals surface area contributed by atoms with Crippen LogP contribution in [0.5, 0.6) is 0 Å². The van der Waals surface area contributed by atoms with Crippen LogP contribution in [0.25, 0.3) is 0 Å². The SMILES string of the molecule is Cn1nccc1CNC1CS(=O)(=O)c2ccccc21. The Morgan fingerprint density at radius 2 is 2.16 bits per heavy atom. The van der Waals surface area contributed by atoms with Crippen molar-refractivity contribution in [3.63, 3.8) is 0 Å². The molecule has 1 aliphatic rings. The summed E-state index contributed by atoms with van der Waals surface area (Å²) < 4.78 is 25.8. The van der Waals surface area contributed by atoms with Crippen molar-refractivity contribution in [2.45, 2.75) is 17.5 Å². The first kappa shape index (κ1) is 12.4. The minimum absolute atomic E-state index is 0.129. The molecule has 1 aromatic carbocycles. The first-order valence-electron chi connectivity index (χ1n) is 6.10. The van der Waals surface area contributed by atoms with Crippen molar-refractivity contribution >= 4 is 9.84 Å². The third-order valence-electron chi connectivity index (χ3n) is 3.47. The molecular weight excluding hydrogens is 262 g/mol. The maximum absolute atomic E-state index is 12.0. The summed E-state index contributed by atoms with van der Waals surface area (Å²) in [6.45, 7) is 0.602. The number of aryl methyl sites for hydroxylation is 1. The van der Waals surface area contributed by atoms with Crippen LogP contribution < -0.4 is 5.32 Å². The van der Waals surface area contributed by atoms with Gasteiger partial charge in [-0.05, 0) is 17.7 Å². The normalized spacial score (nSPS) is 20.4. The van der Waals surface area contributed by atoms with Crippen LogP contribution in [-0.4, -0.2) is 24.0 Å². The molecule has 6 heteroatoms. The fourth-order valence-corrected chi connectivity index (χ4v) is 4.19. The second-order valence-electron chi connectivity index (χ2n) is 4.70. The molecule has 1 unspecified atom stereocenters. The number of aromatic nitrogens is 2. The maximum Gasteiger partial charge on any atom is 0.180 e. The third-order valence-corrected chi connectivity index (χ3v) is 5.28. The highest BCUT2D eigenvalue weighted by molar-refractivity contribution is 7.91. The van der Waals surface area contributed by atoms with E-state index < -0.39 is 9.84 Å². The molecule has 0 saturated heterocycles. The van der Waals surface area contributed by atoms with Crippen molar-refractivity contribution in [3.8, 4) is 0 Å². The predicted molar refractivity (Wildman–Crippen MR) is 71.3 cm³/mol. The van der Waals surface area contributed by atoms with Gasteiger partial charge in [0.1, 0.15) is 0 Å². The summed E-state index contributed by atoms with van der Waals surface area (Å²) in [5.74, 6) is 0.129. The first-order chi connectivity index (χ1) is 9.08. The molecule has 1 atom stereocenters. The van der Waals surface area contributed by atoms with Crippen molar-refractivity contribution in [2.75, 3.05) is 5.75 Å². The van der Waals surface area contributed by atoms with E-state index in [0.29, 0.717) is 11.4 Å². The molecule has 100 valence electrons. The molecule has 1 N–H and O–H groups in total. The van der Waals surface area contributed by atoms with Crippen molar-refractivity contribution in [1.29, 1.82) is 0 Å². The standard InChI is InChI=1S/C13H15N3O2S/c1-16-10(6-7-15-16)8-14-12-9-19(17,18)13-5-3-2-4-11(12)13/h2-7,12,14H,8-9H2,1H3. The molecule has 2 aromatic rings. The van der Waals surface area contributed by atoms with Crippen LogP contribution in [0.4, 0.5) is 0 Å². The van der Waals surface area contributed by atoms with E-state index >= 15 is 0 Å². The summed E-state index contributed by atoms with van der Waals surface area (Å²) in [5, 5.41) is 7.39. The summed E-state index contributed by atoms with van der Waals surface area (Å²) in [6, 6.07) is 8.97. The lowest BCUT2D eigenvalue weighted by molar-refractivity contribution is 0.546. The third kappa shape index (κ3) is 2.17. The van der Waals surface area contributed by atoms with Crippen LogP contribution in [-0.2, 0) is 23.4 Å². The molecule has 0 amide bonds. The molecule has 19 heavy (non-hydrogen) atoms. The molecule has 1 aromatic heterocycles. The second-order valence-corrected chi connectivity index (χ2v) is 6.70. The minimum atomic E-state index is -3.14. The Morgan fingerprint density at radius 3 is 2.89 bits per heavy atom. The highest BCUT2D eigenvalue weighted by atomic mass is 32.2. The van der Waals surface area contributed by atoms with Gasteiger partial charge in [0, 0.05) is 25.8 Å². The van der Waals surface area contributed by atoms with E-state index in [1.54, 1.807) is 23.0 Å². The molecule has 0 saturated carbocycles. The Labute approximate surface area is 112 Å². The summed E-state index contributed by atoms with van der Waals surface area (Å²) >= 11 is 0. The van der Waals surface area contributed by atoms with Crippen LogP contribution in [0.2, 0.25) is 0 Å². The monoisotopic (exact) mass is 277 g/mol. The Bertz CT molecular complexity index is 706. The van der Waals surface area contributed by atoms with E-state index in [2.05, 4.69) is 10.4 Å². The van der Waals surface area contributed by atoms with Gasteiger partial charge in [0.2, 0.25) is 0 Å². The van der Waals surface area contributed by atoms with Crippen molar-refractivity contribution < 1.29 is 8.42 Å². The zero-order valence-electron chi connectivity index (χ0n) is 10.6. The zero-order chi connectivity index (χ0) is 13.5. The zero-order valence-corrected chi connectivity index (χ0v) is 11.4. The second kappa shape index (κ2) is 4.47. The summed E-state index contributed by atoms with van der Waals surface area (Å²) in [6.07, 6.45) is 1.73. The lowest BCUT2D eigenvalue weighted by Gasteiger charge is -2.12. The average Bonchev–Trinajstić information content (AvgIpc) is 2.90. The molecule has 2 heterocycles. The number of benzene rings is 1. The van der Waals surface area contributed by atoms with Gasteiger partial charge in [-0.1, -0.05) is 18.2 Å². The first-order valence-corrected chi connectivity index (χ1v) is 7.75. The van der Waals surface area contributed by atoms with E-state index in [-0.39, 0.29) is 11.8 Å². The van der Waals surface area contributed by atoms with Gasteiger partial charge in [0.05, 0.1) is 16.3 Å². The van der Waals surface area contributed by atoms with Crippen LogP contribution in [0, 0.1) is 0 Å². The van der Waals surface area contributed by atoms with Crippen molar-refractivity contribution in [1.82, 2.24) is 15.1 Å². The highest BCUT2D eigenvalue weighted by Crippen LogP contribution is 2.33. The number of hydrogen-bond acceptors (Lipinski definition) is 4. The van der Waals surface area contributed by atoms with E-state index in [1.165, 1.54) is 0 Å². The maximum atomic E-state index is 12.0. The van der Waals surface area contributed by atoms with Gasteiger partial charge in [0.25, 0.3) is 0 Å². The largest absolute Gasteiger partial charge is 0.303 e. The Morgan fingerprint density at radius 1 is 1.37 bits per heavy atom. The van der Waals surface area contributed by atoms with Gasteiger partial charge >= 0.3 is 0 Å². The average molecular weight is 277 g/mol. The van der Waals surface area contributed by atoms with Crippen LogP contribution >= 0.6 is 0 Å². The number of hydrogen-bond donors (Lipinski definition) is 1. The predicted octanol–water partition coefficient (Wildman–Crippen LogP) is 1.04. The molecule has 0 spiro atoms. The smallest absolute Gasteiger partial charge is 0.180 e. The van der Waals surface area contributed by atoms with Crippen LogP contribution in [0.3, 0.4) is 0 Å². The van der Waals surface area contributed by atoms with E-state index in [4.69, 9.17) is 0 Å². The van der Waals surface area contributed by atoms with Crippen LogP contribution in [0.15, 0.2) is 41.4 Å². The van der Waals surface area contributed by atoms with Crippen molar-refractivity contribution in [3.05, 3.63) is 47.8 Å². The van der Waals surface area contributed by atoms with E-state index in [1.807, 2.05) is 25.2 Å². The van der Waals surface area contributed by atoms with Gasteiger partial charge in [0.15, 0.2) is 9.84 Å². The quantitative estimate of drug-likeness (QED) is 0.910. The molecule has 3 rings (SSSR count). The van der Waals surface area contributed by atoms with Gasteiger partial charge in [-0.3, -0.25) is 4.68 Å². The fourth-order valence-electron chi connectivity index (χ4n) is 2.42. The van der Waals surface area contributed by atoms with Gasteiger partial charge in [-0.2, -0.15) is 5.10 Å². The van der Waals surface area contributed by atoms with Gasteiger partial charge < -0.3 is 5.32 Å². The topological polar surface area (TPSA) is 64.0 Å². The summed E-state index contributed by atoms with van der Waals surface area (Å²) in [7, 11) is -1.27. The molecule has 0 radical (unpaired) electrons. The number of sulfone groups is 1. The molecule has 0 aliphatic carbocycles. The van der Waals surface area contributed by atoms with E-state index in [0.717, 1.165) is 11.3 Å². The number of fused-ring (bicyclic) bond motifs is 1. The Hall–Kier alpha value is -1.66. The van der Waals surface area contributed by atoms with Crippen LogP contribution in [0.1, 0.15) is 17.3 Å². The summed E-state index contributed by atoms with van der Waals surface area (Å²) in [4.78, 5) is 0.456. The molecule has 5 nitrogen and oxygen atoms in total. The highest BCUT2D eigenvalue weighted by Gasteiger charge is 2.33. The number of nitrogens with zero attached hydrogens (tertiary/aromatic N) is 2. The van der Waals surface area contributed by atoms with Gasteiger partial charge in [-0.15, -0.1) is 0 Å². The molecule has 0 bridgehead atoms. The number of rotatable bonds is 3. The Balaban J connectivity index is 1.83. The van der Waals surface area contributed by atoms with Gasteiger partial charge in [-0.25, -0.2) is 8.42 Å². The molecule has 1 aliphatic heterocycles. The molecule has 0 fully saturated rings.